The fourth-order valence-corrected chi connectivity index (χ4v) is 5.29. The molecule has 4 N–H and O–H groups in total. The fraction of sp³-hybridized carbons (Fsp3) is 1.00. The van der Waals surface area contributed by atoms with Crippen molar-refractivity contribution in [2.75, 3.05) is 0 Å². The first kappa shape index (κ1) is 15.3. The van der Waals surface area contributed by atoms with Crippen molar-refractivity contribution in [3.05, 3.63) is 0 Å². The summed E-state index contributed by atoms with van der Waals surface area (Å²) in [5, 5.41) is 0. The van der Waals surface area contributed by atoms with E-state index in [4.69, 9.17) is 11.5 Å². The van der Waals surface area contributed by atoms with Crippen LogP contribution in [0.5, 0.6) is 0 Å². The van der Waals surface area contributed by atoms with E-state index in [0.29, 0.717) is 5.92 Å². The van der Waals surface area contributed by atoms with Crippen LogP contribution in [0.25, 0.3) is 0 Å². The Bertz CT molecular complexity index is 267. The third-order valence-corrected chi connectivity index (χ3v) is 5.58. The average Bonchev–Trinajstić information content (AvgIpc) is 2.27. The van der Waals surface area contributed by atoms with E-state index in [9.17, 15) is 0 Å². The fourth-order valence-electron chi connectivity index (χ4n) is 5.29. The predicted octanol–water partition coefficient (Wildman–Crippen LogP) is 3.97. The summed E-state index contributed by atoms with van der Waals surface area (Å²) in [4.78, 5) is 0. The van der Waals surface area contributed by atoms with Crippen molar-refractivity contribution >= 4 is 0 Å². The van der Waals surface area contributed by atoms with Gasteiger partial charge in [-0.1, -0.05) is 59.3 Å². The summed E-state index contributed by atoms with van der Waals surface area (Å²) in [5.41, 5.74) is 14.0. The topological polar surface area (TPSA) is 52.0 Å². The van der Waals surface area contributed by atoms with E-state index in [1.165, 1.54) is 64.2 Å². The smallest absolute Gasteiger partial charge is 0.0205 e. The highest BCUT2D eigenvalue weighted by Crippen LogP contribution is 2.50. The molecule has 0 unspecified atom stereocenters. The Kier molecular flexibility index (Phi) is 4.32. The van der Waals surface area contributed by atoms with Gasteiger partial charge in [-0.3, -0.25) is 0 Å². The molecule has 2 heteroatoms. The molecule has 2 aliphatic rings. The summed E-state index contributed by atoms with van der Waals surface area (Å²) < 4.78 is 0. The molecule has 0 spiro atoms. The SMILES string of the molecule is CC(C)(C)C(C1(N)CCCCC1)C1(N)CCCCC1. The highest BCUT2D eigenvalue weighted by atomic mass is 14.9. The summed E-state index contributed by atoms with van der Waals surface area (Å²) in [6.45, 7) is 7.05. The van der Waals surface area contributed by atoms with Crippen LogP contribution in [-0.2, 0) is 0 Å². The Labute approximate surface area is 119 Å². The van der Waals surface area contributed by atoms with E-state index in [0.717, 1.165) is 0 Å². The van der Waals surface area contributed by atoms with Gasteiger partial charge < -0.3 is 11.5 Å². The van der Waals surface area contributed by atoms with Crippen molar-refractivity contribution in [1.29, 1.82) is 0 Å². The second-order valence-electron chi connectivity index (χ2n) is 8.39. The van der Waals surface area contributed by atoms with Crippen LogP contribution in [0.2, 0.25) is 0 Å². The van der Waals surface area contributed by atoms with Crippen LogP contribution in [0.1, 0.15) is 85.0 Å². The predicted molar refractivity (Wildman–Crippen MR) is 83.0 cm³/mol. The van der Waals surface area contributed by atoms with Crippen molar-refractivity contribution in [1.82, 2.24) is 0 Å². The molecule has 2 nitrogen and oxygen atoms in total. The van der Waals surface area contributed by atoms with Crippen LogP contribution in [0.4, 0.5) is 0 Å². The summed E-state index contributed by atoms with van der Waals surface area (Å²) in [6, 6.07) is 0. The lowest BCUT2D eigenvalue weighted by atomic mass is 9.54. The summed E-state index contributed by atoms with van der Waals surface area (Å²) in [6.07, 6.45) is 12.6. The first-order valence-corrected chi connectivity index (χ1v) is 8.36. The minimum atomic E-state index is -0.0252. The van der Waals surface area contributed by atoms with E-state index in [2.05, 4.69) is 20.8 Å². The van der Waals surface area contributed by atoms with Gasteiger partial charge in [0.25, 0.3) is 0 Å². The van der Waals surface area contributed by atoms with Crippen molar-refractivity contribution in [3.8, 4) is 0 Å². The molecule has 0 saturated heterocycles. The van der Waals surface area contributed by atoms with Crippen molar-refractivity contribution in [2.24, 2.45) is 22.8 Å². The Morgan fingerprint density at radius 1 is 0.684 bits per heavy atom. The van der Waals surface area contributed by atoms with Crippen molar-refractivity contribution in [3.63, 3.8) is 0 Å². The second-order valence-corrected chi connectivity index (χ2v) is 8.39. The van der Waals surface area contributed by atoms with Gasteiger partial charge in [0.1, 0.15) is 0 Å². The Balaban J connectivity index is 2.29. The quantitative estimate of drug-likeness (QED) is 0.794. The summed E-state index contributed by atoms with van der Waals surface area (Å²) in [5.74, 6) is 0.452. The normalized spacial score (nSPS) is 27.5. The third-order valence-electron chi connectivity index (χ3n) is 5.58. The molecule has 0 atom stereocenters. The van der Waals surface area contributed by atoms with Gasteiger partial charge in [0, 0.05) is 11.1 Å². The zero-order chi connectivity index (χ0) is 14.1. The highest BCUT2D eigenvalue weighted by Gasteiger charge is 2.52. The molecule has 0 aliphatic heterocycles. The van der Waals surface area contributed by atoms with Gasteiger partial charge in [0.2, 0.25) is 0 Å². The van der Waals surface area contributed by atoms with E-state index in [1.807, 2.05) is 0 Å². The monoisotopic (exact) mass is 266 g/mol. The van der Waals surface area contributed by atoms with Gasteiger partial charge in [-0.05, 0) is 37.0 Å². The molecule has 0 amide bonds. The molecule has 0 radical (unpaired) electrons. The number of nitrogens with two attached hydrogens (primary N) is 2. The number of rotatable bonds is 2. The molecular formula is C17H34N2. The molecular weight excluding hydrogens is 232 g/mol. The van der Waals surface area contributed by atoms with Gasteiger partial charge in [0.15, 0.2) is 0 Å². The van der Waals surface area contributed by atoms with Gasteiger partial charge >= 0.3 is 0 Å². The first-order valence-electron chi connectivity index (χ1n) is 8.36. The van der Waals surface area contributed by atoms with E-state index >= 15 is 0 Å². The molecule has 2 rings (SSSR count). The van der Waals surface area contributed by atoms with Crippen LogP contribution < -0.4 is 11.5 Å². The summed E-state index contributed by atoms with van der Waals surface area (Å²) in [7, 11) is 0. The lowest BCUT2D eigenvalue weighted by Gasteiger charge is -2.56. The number of hydrogen-bond acceptors (Lipinski definition) is 2. The minimum Gasteiger partial charge on any atom is -0.325 e. The van der Waals surface area contributed by atoms with Crippen molar-refractivity contribution in [2.45, 2.75) is 96.1 Å². The Morgan fingerprint density at radius 2 is 1.00 bits per heavy atom. The molecule has 2 aliphatic carbocycles. The zero-order valence-electron chi connectivity index (χ0n) is 13.3. The van der Waals surface area contributed by atoms with Gasteiger partial charge in [-0.2, -0.15) is 0 Å². The van der Waals surface area contributed by atoms with E-state index < -0.39 is 0 Å². The lowest BCUT2D eigenvalue weighted by molar-refractivity contribution is 0.00558. The minimum absolute atomic E-state index is 0.0252. The van der Waals surface area contributed by atoms with Crippen molar-refractivity contribution < 1.29 is 0 Å². The molecule has 0 aromatic rings. The molecule has 112 valence electrons. The van der Waals surface area contributed by atoms with Crippen LogP contribution in [0.15, 0.2) is 0 Å². The zero-order valence-corrected chi connectivity index (χ0v) is 13.3. The van der Waals surface area contributed by atoms with Crippen LogP contribution in [0.3, 0.4) is 0 Å². The second kappa shape index (κ2) is 5.37. The molecule has 2 fully saturated rings. The molecule has 0 bridgehead atoms. The molecule has 0 aromatic carbocycles. The standard InChI is InChI=1S/C17H34N2/c1-15(2,3)14(16(18)10-6-4-7-11-16)17(19)12-8-5-9-13-17/h14H,4-13,18-19H2,1-3H3. The van der Waals surface area contributed by atoms with Gasteiger partial charge in [-0.15, -0.1) is 0 Å². The van der Waals surface area contributed by atoms with Gasteiger partial charge in [0.05, 0.1) is 0 Å². The Morgan fingerprint density at radius 3 is 1.26 bits per heavy atom. The lowest BCUT2D eigenvalue weighted by Crippen LogP contribution is -2.66. The Hall–Kier alpha value is -0.0800. The van der Waals surface area contributed by atoms with Crippen LogP contribution in [-0.4, -0.2) is 11.1 Å². The summed E-state index contributed by atoms with van der Waals surface area (Å²) >= 11 is 0. The molecule has 0 aromatic heterocycles. The molecule has 0 heterocycles. The number of hydrogen-bond donors (Lipinski definition) is 2. The average molecular weight is 266 g/mol. The maximum Gasteiger partial charge on any atom is 0.0205 e. The van der Waals surface area contributed by atoms with Gasteiger partial charge in [-0.25, -0.2) is 0 Å². The maximum absolute atomic E-state index is 6.93. The molecule has 2 saturated carbocycles. The highest BCUT2D eigenvalue weighted by molar-refractivity contribution is 5.09. The first-order chi connectivity index (χ1) is 8.78. The largest absolute Gasteiger partial charge is 0.325 e. The van der Waals surface area contributed by atoms with Crippen LogP contribution in [0, 0.1) is 11.3 Å². The van der Waals surface area contributed by atoms with E-state index in [-0.39, 0.29) is 16.5 Å². The maximum atomic E-state index is 6.93. The van der Waals surface area contributed by atoms with Crippen LogP contribution >= 0.6 is 0 Å². The molecule has 19 heavy (non-hydrogen) atoms. The van der Waals surface area contributed by atoms with E-state index in [1.54, 1.807) is 0 Å². The third kappa shape index (κ3) is 3.16.